The number of amides is 1. The molecule has 2 bridgehead atoms. The summed E-state index contributed by atoms with van der Waals surface area (Å²) in [7, 11) is 0. The summed E-state index contributed by atoms with van der Waals surface area (Å²) in [6.45, 7) is 0.833. The zero-order valence-electron chi connectivity index (χ0n) is 7.22. The minimum absolute atomic E-state index is 0.153. The lowest BCUT2D eigenvalue weighted by atomic mass is 9.92. The van der Waals surface area contributed by atoms with Gasteiger partial charge in [0.2, 0.25) is 0 Å². The largest absolute Gasteiger partial charge is 0.465 e. The summed E-state index contributed by atoms with van der Waals surface area (Å²) >= 11 is 0. The molecule has 0 radical (unpaired) electrons. The SMILES string of the molecule is O=C(O)N1C2COCC1CC(O)C2. The van der Waals surface area contributed by atoms with Crippen LogP contribution in [0.5, 0.6) is 0 Å². The predicted molar refractivity (Wildman–Crippen MR) is 43.5 cm³/mol. The molecule has 2 heterocycles. The van der Waals surface area contributed by atoms with Crippen molar-refractivity contribution >= 4 is 6.09 Å². The highest BCUT2D eigenvalue weighted by Gasteiger charge is 2.41. The second kappa shape index (κ2) is 3.16. The van der Waals surface area contributed by atoms with Crippen LogP contribution in [0.1, 0.15) is 12.8 Å². The lowest BCUT2D eigenvalue weighted by molar-refractivity contribution is -0.0905. The first-order valence-electron chi connectivity index (χ1n) is 4.45. The maximum absolute atomic E-state index is 10.9. The minimum atomic E-state index is -0.898. The summed E-state index contributed by atoms with van der Waals surface area (Å²) in [6, 6.07) is -0.306. The molecule has 0 saturated carbocycles. The van der Waals surface area contributed by atoms with E-state index in [0.29, 0.717) is 26.1 Å². The van der Waals surface area contributed by atoms with Crippen LogP contribution in [0.4, 0.5) is 4.79 Å². The summed E-state index contributed by atoms with van der Waals surface area (Å²) in [4.78, 5) is 12.3. The van der Waals surface area contributed by atoms with Gasteiger partial charge in [-0.25, -0.2) is 4.79 Å². The molecular weight excluding hydrogens is 174 g/mol. The van der Waals surface area contributed by atoms with Crippen molar-refractivity contribution < 1.29 is 19.7 Å². The van der Waals surface area contributed by atoms with E-state index in [2.05, 4.69) is 0 Å². The molecule has 0 aromatic heterocycles. The Morgan fingerprint density at radius 2 is 1.85 bits per heavy atom. The van der Waals surface area contributed by atoms with E-state index in [-0.39, 0.29) is 18.2 Å². The van der Waals surface area contributed by atoms with Crippen molar-refractivity contribution in [3.05, 3.63) is 0 Å². The zero-order chi connectivity index (χ0) is 9.42. The molecule has 2 atom stereocenters. The van der Waals surface area contributed by atoms with Crippen molar-refractivity contribution in [1.82, 2.24) is 4.90 Å². The Labute approximate surface area is 75.9 Å². The number of hydrogen-bond donors (Lipinski definition) is 2. The van der Waals surface area contributed by atoms with Gasteiger partial charge >= 0.3 is 6.09 Å². The Bertz CT molecular complexity index is 206. The first-order chi connectivity index (χ1) is 6.18. The monoisotopic (exact) mass is 187 g/mol. The van der Waals surface area contributed by atoms with Gasteiger partial charge in [0, 0.05) is 0 Å². The third-order valence-electron chi connectivity index (χ3n) is 2.72. The van der Waals surface area contributed by atoms with Crippen LogP contribution in [-0.4, -0.2) is 52.6 Å². The molecule has 1 amide bonds. The summed E-state index contributed by atoms with van der Waals surface area (Å²) in [5, 5.41) is 18.4. The standard InChI is InChI=1S/C8H13NO4/c10-7-1-5-3-13-4-6(2-7)9(5)8(11)12/h5-7,10H,1-4H2,(H,11,12). The molecule has 0 aromatic carbocycles. The maximum atomic E-state index is 10.9. The van der Waals surface area contributed by atoms with Gasteiger partial charge in [0.05, 0.1) is 31.4 Å². The average molecular weight is 187 g/mol. The molecule has 0 aromatic rings. The van der Waals surface area contributed by atoms with Crippen LogP contribution in [0.2, 0.25) is 0 Å². The van der Waals surface area contributed by atoms with Crippen LogP contribution < -0.4 is 0 Å². The van der Waals surface area contributed by atoms with Crippen LogP contribution in [0.3, 0.4) is 0 Å². The maximum Gasteiger partial charge on any atom is 0.407 e. The van der Waals surface area contributed by atoms with Gasteiger partial charge in [0.1, 0.15) is 0 Å². The molecule has 0 spiro atoms. The zero-order valence-corrected chi connectivity index (χ0v) is 7.22. The third-order valence-corrected chi connectivity index (χ3v) is 2.72. The van der Waals surface area contributed by atoms with Gasteiger partial charge in [-0.15, -0.1) is 0 Å². The van der Waals surface area contributed by atoms with E-state index in [1.54, 1.807) is 0 Å². The highest BCUT2D eigenvalue weighted by Crippen LogP contribution is 2.27. The summed E-state index contributed by atoms with van der Waals surface area (Å²) in [6.07, 6.45) is -0.259. The van der Waals surface area contributed by atoms with Gasteiger partial charge in [0.25, 0.3) is 0 Å². The van der Waals surface area contributed by atoms with Crippen molar-refractivity contribution in [3.63, 3.8) is 0 Å². The van der Waals surface area contributed by atoms with Gasteiger partial charge in [-0.2, -0.15) is 0 Å². The summed E-state index contributed by atoms with van der Waals surface area (Å²) in [5.74, 6) is 0. The molecule has 0 aliphatic carbocycles. The highest BCUT2D eigenvalue weighted by atomic mass is 16.5. The molecule has 2 saturated heterocycles. The molecule has 2 unspecified atom stereocenters. The number of aliphatic hydroxyl groups excluding tert-OH is 1. The normalized spacial score (nSPS) is 38.8. The number of nitrogens with zero attached hydrogens (tertiary/aromatic N) is 1. The second-order valence-corrected chi connectivity index (χ2v) is 3.66. The average Bonchev–Trinajstić information content (AvgIpc) is 2.01. The van der Waals surface area contributed by atoms with E-state index < -0.39 is 6.09 Å². The van der Waals surface area contributed by atoms with Gasteiger partial charge in [-0.3, -0.25) is 4.90 Å². The van der Waals surface area contributed by atoms with Crippen molar-refractivity contribution in [2.75, 3.05) is 13.2 Å². The predicted octanol–water partition coefficient (Wildman–Crippen LogP) is -0.112. The number of carboxylic acid groups (broad SMARTS) is 1. The van der Waals surface area contributed by atoms with E-state index in [0.717, 1.165) is 0 Å². The quantitative estimate of drug-likeness (QED) is 0.555. The number of ether oxygens (including phenoxy) is 1. The van der Waals surface area contributed by atoms with E-state index >= 15 is 0 Å². The van der Waals surface area contributed by atoms with Crippen LogP contribution in [0.25, 0.3) is 0 Å². The molecule has 5 nitrogen and oxygen atoms in total. The van der Waals surface area contributed by atoms with Gasteiger partial charge in [-0.05, 0) is 12.8 Å². The number of aliphatic hydroxyl groups is 1. The van der Waals surface area contributed by atoms with Gasteiger partial charge in [0.15, 0.2) is 0 Å². The molecule has 2 aliphatic rings. The Morgan fingerprint density at radius 3 is 2.31 bits per heavy atom. The first-order valence-corrected chi connectivity index (χ1v) is 4.45. The first kappa shape index (κ1) is 8.77. The molecular formula is C8H13NO4. The van der Waals surface area contributed by atoms with Crippen LogP contribution in [-0.2, 0) is 4.74 Å². The summed E-state index contributed by atoms with van der Waals surface area (Å²) < 4.78 is 5.25. The van der Waals surface area contributed by atoms with Gasteiger partial charge < -0.3 is 14.9 Å². The van der Waals surface area contributed by atoms with E-state index in [1.165, 1.54) is 4.90 Å². The van der Waals surface area contributed by atoms with Crippen LogP contribution in [0.15, 0.2) is 0 Å². The fraction of sp³-hybridized carbons (Fsp3) is 0.875. The van der Waals surface area contributed by atoms with Gasteiger partial charge in [-0.1, -0.05) is 0 Å². The van der Waals surface area contributed by atoms with E-state index in [4.69, 9.17) is 9.84 Å². The number of piperidine rings is 1. The Balaban J connectivity index is 2.14. The van der Waals surface area contributed by atoms with Crippen molar-refractivity contribution in [2.45, 2.75) is 31.0 Å². The van der Waals surface area contributed by atoms with Crippen molar-refractivity contribution in [2.24, 2.45) is 0 Å². The molecule has 2 N–H and O–H groups in total. The number of hydrogen-bond acceptors (Lipinski definition) is 3. The van der Waals surface area contributed by atoms with E-state index in [1.807, 2.05) is 0 Å². The number of rotatable bonds is 0. The molecule has 13 heavy (non-hydrogen) atoms. The molecule has 2 rings (SSSR count). The Kier molecular flexibility index (Phi) is 2.13. The lowest BCUT2D eigenvalue weighted by Crippen LogP contribution is -2.59. The molecule has 5 heteroatoms. The summed E-state index contributed by atoms with van der Waals surface area (Å²) in [5.41, 5.74) is 0. The van der Waals surface area contributed by atoms with Crippen LogP contribution in [0, 0.1) is 0 Å². The van der Waals surface area contributed by atoms with Crippen LogP contribution >= 0.6 is 0 Å². The van der Waals surface area contributed by atoms with Crippen molar-refractivity contribution in [1.29, 1.82) is 0 Å². The third kappa shape index (κ3) is 1.49. The molecule has 2 fully saturated rings. The smallest absolute Gasteiger partial charge is 0.407 e. The highest BCUT2D eigenvalue weighted by molar-refractivity contribution is 5.66. The molecule has 2 aliphatic heterocycles. The molecule has 74 valence electrons. The number of carbonyl (C=O) groups is 1. The Morgan fingerprint density at radius 1 is 1.31 bits per heavy atom. The lowest BCUT2D eigenvalue weighted by Gasteiger charge is -2.45. The number of morpholine rings is 1. The van der Waals surface area contributed by atoms with Crippen molar-refractivity contribution in [3.8, 4) is 0 Å². The van der Waals surface area contributed by atoms with E-state index in [9.17, 15) is 9.90 Å². The Hall–Kier alpha value is -0.810. The fourth-order valence-electron chi connectivity index (χ4n) is 2.20. The topological polar surface area (TPSA) is 70.0 Å². The second-order valence-electron chi connectivity index (χ2n) is 3.66. The minimum Gasteiger partial charge on any atom is -0.465 e. The number of fused-ring (bicyclic) bond motifs is 2. The fourth-order valence-corrected chi connectivity index (χ4v) is 2.20.